The second-order valence-electron chi connectivity index (χ2n) is 6.01. The summed E-state index contributed by atoms with van der Waals surface area (Å²) < 4.78 is 5.36. The molecule has 0 radical (unpaired) electrons. The summed E-state index contributed by atoms with van der Waals surface area (Å²) in [4.78, 5) is 0. The first-order valence-corrected chi connectivity index (χ1v) is 6.41. The van der Waals surface area contributed by atoms with Gasteiger partial charge in [0.15, 0.2) is 0 Å². The summed E-state index contributed by atoms with van der Waals surface area (Å²) in [5, 5.41) is 6.12. The third-order valence-electron chi connectivity index (χ3n) is 3.69. The average molecular weight is 241 g/mol. The molecule has 1 aromatic rings. The van der Waals surface area contributed by atoms with E-state index in [2.05, 4.69) is 45.1 Å². The number of hydrogen-bond donors (Lipinski definition) is 1. The summed E-state index contributed by atoms with van der Waals surface area (Å²) in [6.07, 6.45) is 4.72. The predicted molar refractivity (Wildman–Crippen MR) is 76.3 cm³/mol. The molecule has 1 aromatic carbocycles. The number of fused-ring (bicyclic) bond motifs is 2. The SMILES string of the molecule is CC1=COC=c2cc3c(cc21)=C(C)CC(C)(C)N3. The number of rotatable bonds is 0. The van der Waals surface area contributed by atoms with Crippen molar-refractivity contribution in [1.29, 1.82) is 0 Å². The average Bonchev–Trinajstić information content (AvgIpc) is 2.26. The molecule has 0 aromatic heterocycles. The van der Waals surface area contributed by atoms with Crippen LogP contribution in [0.15, 0.2) is 18.4 Å². The Hall–Kier alpha value is -1.70. The van der Waals surface area contributed by atoms with Gasteiger partial charge in [-0.2, -0.15) is 0 Å². The minimum absolute atomic E-state index is 0.131. The maximum absolute atomic E-state index is 5.36. The van der Waals surface area contributed by atoms with E-state index in [4.69, 9.17) is 4.74 Å². The van der Waals surface area contributed by atoms with E-state index in [1.165, 1.54) is 27.6 Å². The molecule has 0 fully saturated rings. The normalized spacial score (nSPS) is 19.8. The Kier molecular flexibility index (Phi) is 2.31. The van der Waals surface area contributed by atoms with E-state index in [1.54, 1.807) is 0 Å². The molecule has 2 nitrogen and oxygen atoms in total. The third-order valence-corrected chi connectivity index (χ3v) is 3.69. The molecule has 0 atom stereocenters. The highest BCUT2D eigenvalue weighted by Crippen LogP contribution is 2.25. The highest BCUT2D eigenvalue weighted by atomic mass is 16.5. The van der Waals surface area contributed by atoms with Crippen LogP contribution in [0.3, 0.4) is 0 Å². The van der Waals surface area contributed by atoms with E-state index in [0.717, 1.165) is 11.6 Å². The monoisotopic (exact) mass is 241 g/mol. The van der Waals surface area contributed by atoms with E-state index < -0.39 is 0 Å². The van der Waals surface area contributed by atoms with Crippen LogP contribution in [-0.4, -0.2) is 5.54 Å². The predicted octanol–water partition coefficient (Wildman–Crippen LogP) is 2.58. The van der Waals surface area contributed by atoms with Crippen molar-refractivity contribution in [2.75, 3.05) is 5.32 Å². The number of hydrogen-bond acceptors (Lipinski definition) is 2. The molecule has 2 heteroatoms. The van der Waals surface area contributed by atoms with Crippen LogP contribution >= 0.6 is 0 Å². The van der Waals surface area contributed by atoms with Crippen LogP contribution in [0.2, 0.25) is 0 Å². The number of allylic oxidation sites excluding steroid dienone is 1. The van der Waals surface area contributed by atoms with Crippen molar-refractivity contribution in [2.24, 2.45) is 0 Å². The van der Waals surface area contributed by atoms with Crippen LogP contribution in [0.5, 0.6) is 0 Å². The Labute approximate surface area is 108 Å². The van der Waals surface area contributed by atoms with Gasteiger partial charge < -0.3 is 10.1 Å². The lowest BCUT2D eigenvalue weighted by atomic mass is 9.88. The van der Waals surface area contributed by atoms with Gasteiger partial charge in [-0.3, -0.25) is 0 Å². The molecule has 0 saturated heterocycles. The molecule has 0 aliphatic carbocycles. The summed E-state index contributed by atoms with van der Waals surface area (Å²) >= 11 is 0. The lowest BCUT2D eigenvalue weighted by molar-refractivity contribution is 0.458. The van der Waals surface area contributed by atoms with E-state index in [-0.39, 0.29) is 5.54 Å². The number of nitrogens with one attached hydrogen (secondary N) is 1. The van der Waals surface area contributed by atoms with Crippen LogP contribution in [-0.2, 0) is 4.74 Å². The Morgan fingerprint density at radius 3 is 2.72 bits per heavy atom. The molecule has 0 bridgehead atoms. The third kappa shape index (κ3) is 1.72. The van der Waals surface area contributed by atoms with Crippen LogP contribution in [0.25, 0.3) is 17.4 Å². The highest BCUT2D eigenvalue weighted by molar-refractivity contribution is 5.71. The molecule has 0 unspecified atom stereocenters. The van der Waals surface area contributed by atoms with E-state index in [0.29, 0.717) is 0 Å². The van der Waals surface area contributed by atoms with E-state index >= 15 is 0 Å². The first-order chi connectivity index (χ1) is 8.46. The van der Waals surface area contributed by atoms with Gasteiger partial charge in [0, 0.05) is 16.4 Å². The van der Waals surface area contributed by atoms with Gasteiger partial charge in [0.1, 0.15) is 0 Å². The number of benzene rings is 1. The van der Waals surface area contributed by atoms with Crippen LogP contribution in [0.1, 0.15) is 39.7 Å². The van der Waals surface area contributed by atoms with Gasteiger partial charge >= 0.3 is 0 Å². The summed E-state index contributed by atoms with van der Waals surface area (Å²) in [5.74, 6) is 0. The van der Waals surface area contributed by atoms with E-state index in [9.17, 15) is 0 Å². The first kappa shape index (κ1) is 11.4. The Balaban J connectivity index is 2.30. The molecule has 0 amide bonds. The fourth-order valence-electron chi connectivity index (χ4n) is 2.95. The standard InChI is InChI=1S/C16H19NO/c1-10-7-16(3,4)17-15-5-12-9-18-8-11(2)13(12)6-14(10)15/h5-6,8-9,17H,7H2,1-4H3. The second-order valence-corrected chi connectivity index (χ2v) is 6.01. The van der Waals surface area contributed by atoms with Crippen molar-refractivity contribution in [2.45, 2.75) is 39.7 Å². The minimum atomic E-state index is 0.131. The lowest BCUT2D eigenvalue weighted by Crippen LogP contribution is -2.39. The number of ether oxygens (including phenoxy) is 1. The van der Waals surface area contributed by atoms with Gasteiger partial charge in [0.25, 0.3) is 0 Å². The van der Waals surface area contributed by atoms with Crippen molar-refractivity contribution >= 4 is 23.1 Å². The minimum Gasteiger partial charge on any atom is -0.472 e. The Bertz CT molecular complexity index is 665. The fourth-order valence-corrected chi connectivity index (χ4v) is 2.95. The van der Waals surface area contributed by atoms with Crippen molar-refractivity contribution in [3.63, 3.8) is 0 Å². The maximum atomic E-state index is 5.36. The van der Waals surface area contributed by atoms with Gasteiger partial charge in [-0.05, 0) is 62.6 Å². The zero-order valence-corrected chi connectivity index (χ0v) is 11.4. The molecule has 18 heavy (non-hydrogen) atoms. The molecule has 2 heterocycles. The summed E-state index contributed by atoms with van der Waals surface area (Å²) in [6.45, 7) is 8.80. The molecule has 0 spiro atoms. The fraction of sp³-hybridized carbons (Fsp3) is 0.375. The molecule has 1 N–H and O–H groups in total. The largest absolute Gasteiger partial charge is 0.472 e. The van der Waals surface area contributed by atoms with Gasteiger partial charge in [-0.25, -0.2) is 0 Å². The molecule has 2 aliphatic heterocycles. The summed E-state index contributed by atoms with van der Waals surface area (Å²) in [6, 6.07) is 4.48. The maximum Gasteiger partial charge on any atom is 0.0980 e. The molecular formula is C16H19NO. The smallest absolute Gasteiger partial charge is 0.0980 e. The summed E-state index contributed by atoms with van der Waals surface area (Å²) in [5.41, 5.74) is 5.27. The van der Waals surface area contributed by atoms with Gasteiger partial charge in [-0.1, -0.05) is 5.57 Å². The second kappa shape index (κ2) is 3.64. The Morgan fingerprint density at radius 2 is 1.94 bits per heavy atom. The van der Waals surface area contributed by atoms with Crippen molar-refractivity contribution in [3.8, 4) is 0 Å². The highest BCUT2D eigenvalue weighted by Gasteiger charge is 2.24. The van der Waals surface area contributed by atoms with Gasteiger partial charge in [-0.15, -0.1) is 0 Å². The molecule has 0 saturated carbocycles. The zero-order valence-electron chi connectivity index (χ0n) is 11.4. The van der Waals surface area contributed by atoms with Crippen LogP contribution in [0, 0.1) is 0 Å². The lowest BCUT2D eigenvalue weighted by Gasteiger charge is -2.33. The van der Waals surface area contributed by atoms with Crippen LogP contribution in [0.4, 0.5) is 5.69 Å². The Morgan fingerprint density at radius 1 is 1.17 bits per heavy atom. The molecule has 3 rings (SSSR count). The zero-order chi connectivity index (χ0) is 12.9. The van der Waals surface area contributed by atoms with Crippen LogP contribution < -0.4 is 15.8 Å². The van der Waals surface area contributed by atoms with Crippen molar-refractivity contribution in [1.82, 2.24) is 0 Å². The van der Waals surface area contributed by atoms with Crippen molar-refractivity contribution in [3.05, 3.63) is 34.4 Å². The molecule has 94 valence electrons. The summed E-state index contributed by atoms with van der Waals surface area (Å²) in [7, 11) is 0. The van der Waals surface area contributed by atoms with Crippen molar-refractivity contribution < 1.29 is 4.74 Å². The topological polar surface area (TPSA) is 21.3 Å². The van der Waals surface area contributed by atoms with Gasteiger partial charge in [0.2, 0.25) is 0 Å². The quantitative estimate of drug-likeness (QED) is 0.754. The number of anilines is 1. The first-order valence-electron chi connectivity index (χ1n) is 6.41. The molecule has 2 aliphatic rings. The van der Waals surface area contributed by atoms with E-state index in [1.807, 2.05) is 12.5 Å². The van der Waals surface area contributed by atoms with Gasteiger partial charge in [0.05, 0.1) is 12.5 Å². The molecular weight excluding hydrogens is 222 g/mol.